The second kappa shape index (κ2) is 9.60. The first-order valence-corrected chi connectivity index (χ1v) is 9.55. The number of amides is 2. The molecule has 0 aliphatic heterocycles. The fourth-order valence-electron chi connectivity index (χ4n) is 2.77. The quantitative estimate of drug-likeness (QED) is 0.600. The Bertz CT molecular complexity index is 1010. The van der Waals surface area contributed by atoms with Crippen LogP contribution in [0.2, 0.25) is 0 Å². The third-order valence-electron chi connectivity index (χ3n) is 4.47. The number of methoxy groups -OCH3 is 1. The summed E-state index contributed by atoms with van der Waals surface area (Å²) in [5.41, 5.74) is 2.88. The van der Waals surface area contributed by atoms with Crippen molar-refractivity contribution in [3.05, 3.63) is 83.9 Å². The highest BCUT2D eigenvalue weighted by atomic mass is 16.5. The normalized spacial score (nSPS) is 11.3. The van der Waals surface area contributed by atoms with Gasteiger partial charge in [0.15, 0.2) is 6.10 Å². The number of aryl methyl sites for hydroxylation is 1. The van der Waals surface area contributed by atoms with E-state index < -0.39 is 6.10 Å². The Morgan fingerprint density at radius 3 is 2.20 bits per heavy atom. The third-order valence-corrected chi connectivity index (χ3v) is 4.47. The smallest absolute Gasteiger partial charge is 0.265 e. The minimum Gasteiger partial charge on any atom is -0.495 e. The van der Waals surface area contributed by atoms with Crippen molar-refractivity contribution in [1.29, 1.82) is 0 Å². The molecular weight excluding hydrogens is 380 g/mol. The van der Waals surface area contributed by atoms with Crippen molar-refractivity contribution in [1.82, 2.24) is 0 Å². The number of ether oxygens (including phenoxy) is 2. The van der Waals surface area contributed by atoms with E-state index in [1.54, 1.807) is 50.4 Å². The second-order valence-electron chi connectivity index (χ2n) is 6.79. The molecule has 0 aliphatic carbocycles. The van der Waals surface area contributed by atoms with Gasteiger partial charge in [-0.05, 0) is 62.4 Å². The van der Waals surface area contributed by atoms with Crippen LogP contribution < -0.4 is 20.1 Å². The number of carbonyl (C=O) groups excluding carboxylic acids is 2. The molecule has 6 heteroatoms. The highest BCUT2D eigenvalue weighted by molar-refractivity contribution is 6.05. The summed E-state index contributed by atoms with van der Waals surface area (Å²) in [4.78, 5) is 24.8. The molecule has 0 fully saturated rings. The Labute approximate surface area is 175 Å². The van der Waals surface area contributed by atoms with Gasteiger partial charge in [0.25, 0.3) is 11.8 Å². The summed E-state index contributed by atoms with van der Waals surface area (Å²) in [6.45, 7) is 3.66. The largest absolute Gasteiger partial charge is 0.495 e. The molecule has 2 N–H and O–H groups in total. The topological polar surface area (TPSA) is 76.7 Å². The molecule has 0 bridgehead atoms. The molecule has 0 radical (unpaired) electrons. The van der Waals surface area contributed by atoms with Gasteiger partial charge in [-0.3, -0.25) is 9.59 Å². The van der Waals surface area contributed by atoms with Gasteiger partial charge in [0.1, 0.15) is 11.5 Å². The van der Waals surface area contributed by atoms with E-state index in [0.717, 1.165) is 5.56 Å². The van der Waals surface area contributed by atoms with Crippen molar-refractivity contribution >= 4 is 23.2 Å². The molecule has 154 valence electrons. The number of nitrogens with one attached hydrogen (secondary N) is 2. The van der Waals surface area contributed by atoms with Crippen LogP contribution in [0.4, 0.5) is 11.4 Å². The molecule has 0 spiro atoms. The van der Waals surface area contributed by atoms with Gasteiger partial charge >= 0.3 is 0 Å². The molecule has 0 heterocycles. The second-order valence-corrected chi connectivity index (χ2v) is 6.79. The van der Waals surface area contributed by atoms with Gasteiger partial charge in [-0.2, -0.15) is 0 Å². The van der Waals surface area contributed by atoms with Crippen molar-refractivity contribution in [2.75, 3.05) is 17.7 Å². The van der Waals surface area contributed by atoms with Crippen LogP contribution in [0, 0.1) is 6.92 Å². The van der Waals surface area contributed by atoms with E-state index in [1.165, 1.54) is 0 Å². The van der Waals surface area contributed by atoms with Crippen LogP contribution in [0.25, 0.3) is 0 Å². The zero-order valence-electron chi connectivity index (χ0n) is 17.1. The molecule has 0 saturated carbocycles. The summed E-state index contributed by atoms with van der Waals surface area (Å²) in [7, 11) is 1.55. The maximum Gasteiger partial charge on any atom is 0.265 e. The first-order valence-electron chi connectivity index (χ1n) is 9.55. The van der Waals surface area contributed by atoms with Crippen LogP contribution >= 0.6 is 0 Å². The van der Waals surface area contributed by atoms with E-state index >= 15 is 0 Å². The van der Waals surface area contributed by atoms with E-state index in [2.05, 4.69) is 10.6 Å². The Morgan fingerprint density at radius 1 is 0.867 bits per heavy atom. The summed E-state index contributed by atoms with van der Waals surface area (Å²) >= 11 is 0. The van der Waals surface area contributed by atoms with Crippen LogP contribution in [0.3, 0.4) is 0 Å². The van der Waals surface area contributed by atoms with Crippen molar-refractivity contribution < 1.29 is 19.1 Å². The van der Waals surface area contributed by atoms with Crippen LogP contribution in [-0.2, 0) is 4.79 Å². The average Bonchev–Trinajstić information content (AvgIpc) is 2.76. The molecule has 0 aromatic heterocycles. The lowest BCUT2D eigenvalue weighted by Gasteiger charge is -2.15. The minimum atomic E-state index is -0.695. The van der Waals surface area contributed by atoms with Crippen LogP contribution in [0.15, 0.2) is 72.8 Å². The highest BCUT2D eigenvalue weighted by Gasteiger charge is 2.15. The Kier molecular flexibility index (Phi) is 6.70. The maximum absolute atomic E-state index is 12.5. The third kappa shape index (κ3) is 5.38. The van der Waals surface area contributed by atoms with Crippen LogP contribution in [-0.4, -0.2) is 25.0 Å². The fraction of sp³-hybridized carbons (Fsp3) is 0.167. The number of rotatable bonds is 7. The molecule has 2 amide bonds. The lowest BCUT2D eigenvalue weighted by molar-refractivity contribution is -0.122. The predicted molar refractivity (Wildman–Crippen MR) is 117 cm³/mol. The number of hydrogen-bond donors (Lipinski definition) is 2. The number of hydrogen-bond acceptors (Lipinski definition) is 4. The van der Waals surface area contributed by atoms with Crippen molar-refractivity contribution in [2.24, 2.45) is 0 Å². The summed E-state index contributed by atoms with van der Waals surface area (Å²) in [6, 6.07) is 21.3. The Morgan fingerprint density at radius 2 is 1.53 bits per heavy atom. The minimum absolute atomic E-state index is 0.253. The summed E-state index contributed by atoms with van der Waals surface area (Å²) in [5.74, 6) is 0.558. The first-order chi connectivity index (χ1) is 14.5. The lowest BCUT2D eigenvalue weighted by Crippen LogP contribution is -2.30. The summed E-state index contributed by atoms with van der Waals surface area (Å²) < 4.78 is 10.9. The molecule has 30 heavy (non-hydrogen) atoms. The standard InChI is InChI=1S/C24H24N2O4/c1-16-8-12-19(13-9-16)25-23(27)17(2)30-20-14-10-18(11-15-20)24(28)26-21-6-4-5-7-22(21)29-3/h4-15,17H,1-3H3,(H,25,27)(H,26,28)/t17-/m0/s1. The van der Waals surface area contributed by atoms with E-state index in [0.29, 0.717) is 28.4 Å². The summed E-state index contributed by atoms with van der Waals surface area (Å²) in [6.07, 6.45) is -0.695. The summed E-state index contributed by atoms with van der Waals surface area (Å²) in [5, 5.41) is 5.64. The van der Waals surface area contributed by atoms with Gasteiger partial charge in [-0.1, -0.05) is 29.8 Å². The molecule has 0 aliphatic rings. The molecule has 0 unspecified atom stereocenters. The first kappa shape index (κ1) is 20.9. The Hall–Kier alpha value is -3.80. The molecular formula is C24H24N2O4. The van der Waals surface area contributed by atoms with Gasteiger partial charge in [0.2, 0.25) is 0 Å². The van der Waals surface area contributed by atoms with Gasteiger partial charge in [0.05, 0.1) is 12.8 Å². The van der Waals surface area contributed by atoms with Gasteiger partial charge in [-0.15, -0.1) is 0 Å². The lowest BCUT2D eigenvalue weighted by atomic mass is 10.2. The van der Waals surface area contributed by atoms with Crippen molar-refractivity contribution in [3.63, 3.8) is 0 Å². The van der Waals surface area contributed by atoms with Gasteiger partial charge < -0.3 is 20.1 Å². The number of carbonyl (C=O) groups is 2. The van der Waals surface area contributed by atoms with Gasteiger partial charge in [-0.25, -0.2) is 0 Å². The van der Waals surface area contributed by atoms with Crippen molar-refractivity contribution in [2.45, 2.75) is 20.0 Å². The number of anilines is 2. The van der Waals surface area contributed by atoms with Crippen LogP contribution in [0.5, 0.6) is 11.5 Å². The fourth-order valence-corrected chi connectivity index (χ4v) is 2.77. The SMILES string of the molecule is COc1ccccc1NC(=O)c1ccc(O[C@@H](C)C(=O)Nc2ccc(C)cc2)cc1. The van der Waals surface area contributed by atoms with Crippen molar-refractivity contribution in [3.8, 4) is 11.5 Å². The van der Waals surface area contributed by atoms with E-state index in [-0.39, 0.29) is 11.8 Å². The van der Waals surface area contributed by atoms with E-state index in [1.807, 2.05) is 43.3 Å². The molecule has 1 atom stereocenters. The monoisotopic (exact) mass is 404 g/mol. The van der Waals surface area contributed by atoms with E-state index in [9.17, 15) is 9.59 Å². The zero-order chi connectivity index (χ0) is 21.5. The van der Waals surface area contributed by atoms with Crippen LogP contribution in [0.1, 0.15) is 22.8 Å². The number of para-hydroxylation sites is 2. The predicted octanol–water partition coefficient (Wildman–Crippen LogP) is 4.66. The Balaban J connectivity index is 1.58. The molecule has 6 nitrogen and oxygen atoms in total. The average molecular weight is 404 g/mol. The highest BCUT2D eigenvalue weighted by Crippen LogP contribution is 2.24. The maximum atomic E-state index is 12.5. The van der Waals surface area contributed by atoms with E-state index in [4.69, 9.17) is 9.47 Å². The number of benzene rings is 3. The zero-order valence-corrected chi connectivity index (χ0v) is 17.1. The molecule has 3 aromatic carbocycles. The van der Waals surface area contributed by atoms with Gasteiger partial charge in [0, 0.05) is 11.3 Å². The molecule has 0 saturated heterocycles. The molecule has 3 rings (SSSR count). The molecule has 3 aromatic rings.